The van der Waals surface area contributed by atoms with E-state index in [4.69, 9.17) is 0 Å². The summed E-state index contributed by atoms with van der Waals surface area (Å²) in [6.07, 6.45) is 1.59. The molecule has 1 aromatic heterocycles. The predicted molar refractivity (Wildman–Crippen MR) is 57.2 cm³/mol. The average Bonchev–Trinajstić information content (AvgIpc) is 2.72. The number of aromatic nitrogens is 3. The fraction of sp³-hybridized carbons (Fsp3) is 0.273. The summed E-state index contributed by atoms with van der Waals surface area (Å²) in [5, 5.41) is 10.8. The smallest absolute Gasteiger partial charge is 0.194 e. The van der Waals surface area contributed by atoms with Crippen molar-refractivity contribution in [3.05, 3.63) is 35.8 Å². The molecule has 1 saturated heterocycles. The van der Waals surface area contributed by atoms with Gasteiger partial charge in [-0.3, -0.25) is 0 Å². The van der Waals surface area contributed by atoms with Gasteiger partial charge in [0.1, 0.15) is 5.69 Å². The molecule has 94 valence electrons. The lowest BCUT2D eigenvalue weighted by Gasteiger charge is -2.26. The number of benzene rings is 1. The van der Waals surface area contributed by atoms with Crippen LogP contribution in [-0.4, -0.2) is 28.1 Å². The number of hydrogen-bond donors (Lipinski definition) is 1. The lowest BCUT2D eigenvalue weighted by molar-refractivity contribution is 0.313. The Kier molecular flexibility index (Phi) is 2.55. The lowest BCUT2D eigenvalue weighted by atomic mass is 10.1. The Bertz CT molecular complexity index is 569. The molecule has 0 aliphatic carbocycles. The van der Waals surface area contributed by atoms with Crippen molar-refractivity contribution in [1.29, 1.82) is 0 Å². The molecule has 0 saturated carbocycles. The van der Waals surface area contributed by atoms with Gasteiger partial charge in [-0.25, -0.2) is 17.9 Å². The first-order valence-electron chi connectivity index (χ1n) is 5.42. The maximum Gasteiger partial charge on any atom is 0.194 e. The Morgan fingerprint density at radius 2 is 1.83 bits per heavy atom. The van der Waals surface area contributed by atoms with Crippen molar-refractivity contribution in [2.45, 2.75) is 6.04 Å². The normalized spacial score (nSPS) is 15.7. The first-order valence-corrected chi connectivity index (χ1v) is 5.42. The van der Waals surface area contributed by atoms with Gasteiger partial charge in [0, 0.05) is 18.7 Å². The summed E-state index contributed by atoms with van der Waals surface area (Å²) in [6, 6.07) is 2.03. The van der Waals surface area contributed by atoms with Gasteiger partial charge in [0.2, 0.25) is 0 Å². The Balaban J connectivity index is 1.96. The molecule has 3 rings (SSSR count). The fourth-order valence-corrected chi connectivity index (χ4v) is 1.75. The van der Waals surface area contributed by atoms with Gasteiger partial charge in [0.15, 0.2) is 17.5 Å². The van der Waals surface area contributed by atoms with Crippen LogP contribution in [0.4, 0.5) is 13.2 Å². The first kappa shape index (κ1) is 11.2. The minimum atomic E-state index is -1.48. The van der Waals surface area contributed by atoms with Crippen LogP contribution < -0.4 is 5.32 Å². The minimum absolute atomic E-state index is 0.171. The zero-order chi connectivity index (χ0) is 12.7. The number of nitrogens with zero attached hydrogens (tertiary/aromatic N) is 3. The molecule has 7 heteroatoms. The molecule has 0 unspecified atom stereocenters. The second kappa shape index (κ2) is 4.09. The Hall–Kier alpha value is -1.89. The van der Waals surface area contributed by atoms with Crippen molar-refractivity contribution in [3.8, 4) is 11.3 Å². The van der Waals surface area contributed by atoms with E-state index in [1.807, 2.05) is 0 Å². The summed E-state index contributed by atoms with van der Waals surface area (Å²) in [7, 11) is 0. The second-order valence-electron chi connectivity index (χ2n) is 4.15. The third-order valence-corrected chi connectivity index (χ3v) is 2.92. The summed E-state index contributed by atoms with van der Waals surface area (Å²) >= 11 is 0. The molecule has 1 aliphatic heterocycles. The average molecular weight is 254 g/mol. The third-order valence-electron chi connectivity index (χ3n) is 2.92. The van der Waals surface area contributed by atoms with Crippen molar-refractivity contribution >= 4 is 0 Å². The highest BCUT2D eigenvalue weighted by Crippen LogP contribution is 2.23. The molecule has 1 fully saturated rings. The van der Waals surface area contributed by atoms with E-state index in [-0.39, 0.29) is 11.6 Å². The van der Waals surface area contributed by atoms with Gasteiger partial charge in [-0.15, -0.1) is 5.10 Å². The van der Waals surface area contributed by atoms with Gasteiger partial charge in [-0.05, 0) is 12.1 Å². The quantitative estimate of drug-likeness (QED) is 0.826. The van der Waals surface area contributed by atoms with Crippen LogP contribution in [0, 0.1) is 17.5 Å². The fourth-order valence-electron chi connectivity index (χ4n) is 1.75. The van der Waals surface area contributed by atoms with Gasteiger partial charge in [-0.1, -0.05) is 5.21 Å². The maximum absolute atomic E-state index is 13.1. The van der Waals surface area contributed by atoms with E-state index >= 15 is 0 Å². The molecule has 0 spiro atoms. The van der Waals surface area contributed by atoms with Crippen molar-refractivity contribution < 1.29 is 13.2 Å². The van der Waals surface area contributed by atoms with Crippen LogP contribution >= 0.6 is 0 Å². The zero-order valence-electron chi connectivity index (χ0n) is 9.20. The SMILES string of the molecule is Fc1cc(-c2cn(C3CNC3)nn2)cc(F)c1F. The monoisotopic (exact) mass is 254 g/mol. The highest BCUT2D eigenvalue weighted by Gasteiger charge is 2.21. The summed E-state index contributed by atoms with van der Waals surface area (Å²) in [6.45, 7) is 1.57. The highest BCUT2D eigenvalue weighted by molar-refractivity contribution is 5.57. The molecule has 0 radical (unpaired) electrons. The highest BCUT2D eigenvalue weighted by atomic mass is 19.2. The van der Waals surface area contributed by atoms with Gasteiger partial charge >= 0.3 is 0 Å². The minimum Gasteiger partial charge on any atom is -0.312 e. The van der Waals surface area contributed by atoms with Gasteiger partial charge in [0.05, 0.1) is 12.2 Å². The molecule has 1 aliphatic rings. The number of nitrogens with one attached hydrogen (secondary N) is 1. The van der Waals surface area contributed by atoms with Crippen molar-refractivity contribution in [3.63, 3.8) is 0 Å². The summed E-state index contributed by atoms with van der Waals surface area (Å²) in [4.78, 5) is 0. The largest absolute Gasteiger partial charge is 0.312 e. The van der Waals surface area contributed by atoms with Gasteiger partial charge in [0.25, 0.3) is 0 Å². The van der Waals surface area contributed by atoms with Crippen molar-refractivity contribution in [1.82, 2.24) is 20.3 Å². The Morgan fingerprint density at radius 3 is 2.39 bits per heavy atom. The van der Waals surface area contributed by atoms with Crippen LogP contribution in [0.15, 0.2) is 18.3 Å². The second-order valence-corrected chi connectivity index (χ2v) is 4.15. The van der Waals surface area contributed by atoms with Gasteiger partial charge in [-0.2, -0.15) is 0 Å². The third kappa shape index (κ3) is 1.76. The standard InChI is InChI=1S/C11H9F3N4/c12-8-1-6(2-9(13)11(8)14)10-5-18(17-16-10)7-3-15-4-7/h1-2,5,7,15H,3-4H2. The molecule has 18 heavy (non-hydrogen) atoms. The summed E-state index contributed by atoms with van der Waals surface area (Å²) in [5.74, 6) is -3.94. The van der Waals surface area contributed by atoms with Crippen LogP contribution in [0.5, 0.6) is 0 Å². The number of halogens is 3. The van der Waals surface area contributed by atoms with Crippen LogP contribution in [0.1, 0.15) is 6.04 Å². The molecule has 0 atom stereocenters. The van der Waals surface area contributed by atoms with E-state index in [0.29, 0.717) is 5.69 Å². The Morgan fingerprint density at radius 1 is 1.17 bits per heavy atom. The predicted octanol–water partition coefficient (Wildman–Crippen LogP) is 1.51. The molecular weight excluding hydrogens is 245 g/mol. The summed E-state index contributed by atoms with van der Waals surface area (Å²) in [5.41, 5.74) is 0.490. The molecule has 0 bridgehead atoms. The van der Waals surface area contributed by atoms with E-state index < -0.39 is 17.5 Å². The van der Waals surface area contributed by atoms with E-state index in [9.17, 15) is 13.2 Å². The summed E-state index contributed by atoms with van der Waals surface area (Å²) < 4.78 is 40.6. The van der Waals surface area contributed by atoms with Crippen molar-refractivity contribution in [2.24, 2.45) is 0 Å². The molecular formula is C11H9F3N4. The lowest BCUT2D eigenvalue weighted by Crippen LogP contribution is -2.43. The van der Waals surface area contributed by atoms with Crippen LogP contribution in [0.2, 0.25) is 0 Å². The number of hydrogen-bond acceptors (Lipinski definition) is 3. The molecule has 1 N–H and O–H groups in total. The van der Waals surface area contributed by atoms with E-state index in [2.05, 4.69) is 15.6 Å². The molecule has 1 aromatic carbocycles. The topological polar surface area (TPSA) is 42.7 Å². The van der Waals surface area contributed by atoms with Gasteiger partial charge < -0.3 is 5.32 Å². The molecule has 0 amide bonds. The van der Waals surface area contributed by atoms with E-state index in [0.717, 1.165) is 25.2 Å². The first-order chi connectivity index (χ1) is 8.65. The van der Waals surface area contributed by atoms with Crippen molar-refractivity contribution in [2.75, 3.05) is 13.1 Å². The molecule has 4 nitrogen and oxygen atoms in total. The van der Waals surface area contributed by atoms with Crippen LogP contribution in [0.25, 0.3) is 11.3 Å². The molecule has 2 aromatic rings. The van der Waals surface area contributed by atoms with E-state index in [1.165, 1.54) is 0 Å². The molecule has 2 heterocycles. The number of rotatable bonds is 2. The van der Waals surface area contributed by atoms with E-state index in [1.54, 1.807) is 10.9 Å². The Labute approximate surface area is 100 Å². The zero-order valence-corrected chi connectivity index (χ0v) is 9.20. The maximum atomic E-state index is 13.1. The van der Waals surface area contributed by atoms with Crippen LogP contribution in [0.3, 0.4) is 0 Å². The van der Waals surface area contributed by atoms with Crippen LogP contribution in [-0.2, 0) is 0 Å².